The Morgan fingerprint density at radius 2 is 1.84 bits per heavy atom. The highest BCUT2D eigenvalue weighted by Crippen LogP contribution is 2.24. The molecule has 0 radical (unpaired) electrons. The van der Waals surface area contributed by atoms with Crippen LogP contribution in [0.2, 0.25) is 0 Å². The highest BCUT2D eigenvalue weighted by Gasteiger charge is 2.20. The van der Waals surface area contributed by atoms with Crippen LogP contribution in [0, 0.1) is 6.92 Å². The van der Waals surface area contributed by atoms with E-state index in [4.69, 9.17) is 4.74 Å². The van der Waals surface area contributed by atoms with Gasteiger partial charge in [0.25, 0.3) is 0 Å². The van der Waals surface area contributed by atoms with Crippen LogP contribution in [0.25, 0.3) is 22.0 Å². The van der Waals surface area contributed by atoms with Crippen molar-refractivity contribution in [2.24, 2.45) is 0 Å². The van der Waals surface area contributed by atoms with Crippen molar-refractivity contribution >= 4 is 16.9 Å². The number of fused-ring (bicyclic) bond motifs is 1. The Morgan fingerprint density at radius 3 is 2.48 bits per heavy atom. The summed E-state index contributed by atoms with van der Waals surface area (Å²) >= 11 is 0. The molecule has 0 atom stereocenters. The van der Waals surface area contributed by atoms with Crippen molar-refractivity contribution < 1.29 is 9.53 Å². The number of carbonyl (C=O) groups is 1. The number of benzene rings is 1. The van der Waals surface area contributed by atoms with Gasteiger partial charge in [-0.3, -0.25) is 9.78 Å². The third-order valence-electron chi connectivity index (χ3n) is 4.34. The number of nitrogens with zero attached hydrogens (tertiary/aromatic N) is 2. The van der Waals surface area contributed by atoms with Gasteiger partial charge in [-0.1, -0.05) is 6.07 Å². The molecule has 0 aliphatic rings. The predicted octanol–water partition coefficient (Wildman–Crippen LogP) is 3.57. The van der Waals surface area contributed by atoms with Gasteiger partial charge in [-0.2, -0.15) is 0 Å². The van der Waals surface area contributed by atoms with Crippen LogP contribution in [0.4, 0.5) is 0 Å². The Labute approximate surface area is 145 Å². The van der Waals surface area contributed by atoms with Crippen LogP contribution >= 0.6 is 0 Å². The Hall–Kier alpha value is -2.95. The lowest BCUT2D eigenvalue weighted by atomic mass is 10.0. The minimum atomic E-state index is -0.563. The van der Waals surface area contributed by atoms with Crippen molar-refractivity contribution in [1.29, 1.82) is 0 Å². The first-order valence-electron chi connectivity index (χ1n) is 8.33. The van der Waals surface area contributed by atoms with Crippen LogP contribution < -0.4 is 5.43 Å². The molecule has 25 heavy (non-hydrogen) atoms. The molecule has 0 amide bonds. The topological polar surface area (TPSA) is 61.2 Å². The van der Waals surface area contributed by atoms with Gasteiger partial charge in [0, 0.05) is 30.0 Å². The largest absolute Gasteiger partial charge is 0.462 e. The van der Waals surface area contributed by atoms with E-state index < -0.39 is 5.97 Å². The molecule has 128 valence electrons. The van der Waals surface area contributed by atoms with E-state index in [0.717, 1.165) is 16.6 Å². The molecule has 0 aliphatic heterocycles. The van der Waals surface area contributed by atoms with Gasteiger partial charge in [0.2, 0.25) is 5.43 Å². The fraction of sp³-hybridized carbons (Fsp3) is 0.250. The summed E-state index contributed by atoms with van der Waals surface area (Å²) in [6.45, 7) is 6.39. The third kappa shape index (κ3) is 2.93. The van der Waals surface area contributed by atoms with E-state index in [-0.39, 0.29) is 17.6 Å². The predicted molar refractivity (Wildman–Crippen MR) is 97.8 cm³/mol. The average Bonchev–Trinajstić information content (AvgIpc) is 2.63. The number of esters is 1. The fourth-order valence-electron chi connectivity index (χ4n) is 3.14. The van der Waals surface area contributed by atoms with Crippen molar-refractivity contribution in [2.45, 2.75) is 27.3 Å². The summed E-state index contributed by atoms with van der Waals surface area (Å²) < 4.78 is 7.05. The summed E-state index contributed by atoms with van der Waals surface area (Å²) in [6.07, 6.45) is 3.48. The smallest absolute Gasteiger partial charge is 0.343 e. The average molecular weight is 336 g/mol. The van der Waals surface area contributed by atoms with Crippen LogP contribution in [-0.4, -0.2) is 22.1 Å². The Bertz CT molecular complexity index is 991. The molecule has 0 bridgehead atoms. The summed E-state index contributed by atoms with van der Waals surface area (Å²) in [6, 6.07) is 9.51. The summed E-state index contributed by atoms with van der Waals surface area (Å²) in [4.78, 5) is 29.1. The SMILES string of the molecule is CCOC(=O)c1c(C)n(CC)c2cc(-c3ccncc3)ccc2c1=O. The number of aromatic nitrogens is 2. The van der Waals surface area contributed by atoms with Gasteiger partial charge < -0.3 is 9.30 Å². The Morgan fingerprint density at radius 1 is 1.12 bits per heavy atom. The van der Waals surface area contributed by atoms with Gasteiger partial charge in [-0.05, 0) is 56.2 Å². The molecule has 5 heteroatoms. The maximum atomic E-state index is 12.9. The van der Waals surface area contributed by atoms with E-state index >= 15 is 0 Å². The number of hydrogen-bond donors (Lipinski definition) is 0. The molecule has 2 aromatic heterocycles. The minimum Gasteiger partial charge on any atom is -0.462 e. The van der Waals surface area contributed by atoms with Crippen molar-refractivity contribution in [1.82, 2.24) is 9.55 Å². The van der Waals surface area contributed by atoms with E-state index in [9.17, 15) is 9.59 Å². The molecule has 0 spiro atoms. The molecule has 0 N–H and O–H groups in total. The van der Waals surface area contributed by atoms with Crippen LogP contribution in [0.15, 0.2) is 47.5 Å². The van der Waals surface area contributed by atoms with Crippen molar-refractivity contribution in [2.75, 3.05) is 6.61 Å². The summed E-state index contributed by atoms with van der Waals surface area (Å²) in [5.41, 5.74) is 3.31. The van der Waals surface area contributed by atoms with Crippen molar-refractivity contribution in [3.63, 3.8) is 0 Å². The molecule has 0 saturated heterocycles. The highest BCUT2D eigenvalue weighted by atomic mass is 16.5. The van der Waals surface area contributed by atoms with Crippen LogP contribution in [0.1, 0.15) is 29.9 Å². The van der Waals surface area contributed by atoms with Crippen molar-refractivity contribution in [3.05, 3.63) is 64.2 Å². The molecule has 5 nitrogen and oxygen atoms in total. The number of rotatable bonds is 4. The normalized spacial score (nSPS) is 10.8. The summed E-state index contributed by atoms with van der Waals surface area (Å²) in [5, 5.41) is 0.522. The number of hydrogen-bond acceptors (Lipinski definition) is 4. The number of ether oxygens (including phenoxy) is 1. The maximum Gasteiger partial charge on any atom is 0.343 e. The standard InChI is InChI=1S/C20H20N2O3/c1-4-22-13(3)18(20(24)25-5-2)19(23)16-7-6-15(12-17(16)22)14-8-10-21-11-9-14/h6-12H,4-5H2,1-3H3. The van der Waals surface area contributed by atoms with Crippen LogP contribution in [-0.2, 0) is 11.3 Å². The first-order valence-corrected chi connectivity index (χ1v) is 8.33. The number of carbonyl (C=O) groups excluding carboxylic acids is 1. The van der Waals surface area contributed by atoms with E-state index in [0.29, 0.717) is 17.6 Å². The first-order chi connectivity index (χ1) is 12.1. The van der Waals surface area contributed by atoms with E-state index in [1.807, 2.05) is 35.8 Å². The van der Waals surface area contributed by atoms with Gasteiger partial charge in [-0.15, -0.1) is 0 Å². The first kappa shape index (κ1) is 16.9. The van der Waals surface area contributed by atoms with Crippen LogP contribution in [0.5, 0.6) is 0 Å². The van der Waals surface area contributed by atoms with E-state index in [1.165, 1.54) is 0 Å². The molecular weight excluding hydrogens is 316 g/mol. The summed E-state index contributed by atoms with van der Waals surface area (Å²) in [5.74, 6) is -0.563. The molecule has 0 saturated carbocycles. The molecule has 3 aromatic rings. The zero-order chi connectivity index (χ0) is 18.0. The molecular formula is C20H20N2O3. The second-order valence-electron chi connectivity index (χ2n) is 5.72. The Kier molecular flexibility index (Phi) is 4.65. The van der Waals surface area contributed by atoms with Gasteiger partial charge in [0.15, 0.2) is 0 Å². The maximum absolute atomic E-state index is 12.9. The fourth-order valence-corrected chi connectivity index (χ4v) is 3.14. The van der Waals surface area contributed by atoms with E-state index in [2.05, 4.69) is 4.98 Å². The molecule has 0 unspecified atom stereocenters. The highest BCUT2D eigenvalue weighted by molar-refractivity contribution is 5.96. The lowest BCUT2D eigenvalue weighted by Crippen LogP contribution is -2.24. The van der Waals surface area contributed by atoms with Gasteiger partial charge in [0.1, 0.15) is 5.56 Å². The zero-order valence-electron chi connectivity index (χ0n) is 14.6. The van der Waals surface area contributed by atoms with Crippen LogP contribution in [0.3, 0.4) is 0 Å². The molecule has 3 rings (SSSR count). The van der Waals surface area contributed by atoms with Gasteiger partial charge in [-0.25, -0.2) is 4.79 Å². The van der Waals surface area contributed by atoms with Crippen molar-refractivity contribution in [3.8, 4) is 11.1 Å². The van der Waals surface area contributed by atoms with Gasteiger partial charge >= 0.3 is 5.97 Å². The minimum absolute atomic E-state index is 0.118. The quantitative estimate of drug-likeness (QED) is 0.683. The monoisotopic (exact) mass is 336 g/mol. The van der Waals surface area contributed by atoms with Gasteiger partial charge in [0.05, 0.1) is 12.1 Å². The molecule has 1 aromatic carbocycles. The second-order valence-corrected chi connectivity index (χ2v) is 5.72. The molecule has 0 fully saturated rings. The number of aryl methyl sites for hydroxylation is 1. The third-order valence-corrected chi connectivity index (χ3v) is 4.34. The number of pyridine rings is 2. The summed E-state index contributed by atoms with van der Waals surface area (Å²) in [7, 11) is 0. The van der Waals surface area contributed by atoms with E-state index in [1.54, 1.807) is 32.3 Å². The lowest BCUT2D eigenvalue weighted by molar-refractivity contribution is 0.0523. The molecule has 2 heterocycles. The molecule has 0 aliphatic carbocycles. The lowest BCUT2D eigenvalue weighted by Gasteiger charge is -2.17. The zero-order valence-corrected chi connectivity index (χ0v) is 14.6. The Balaban J connectivity index is 2.30. The second kappa shape index (κ2) is 6.89.